The summed E-state index contributed by atoms with van der Waals surface area (Å²) in [5.41, 5.74) is 4.18. The Morgan fingerprint density at radius 1 is 1.33 bits per heavy atom. The summed E-state index contributed by atoms with van der Waals surface area (Å²) in [7, 11) is 0. The fourth-order valence-electron chi connectivity index (χ4n) is 3.91. The van der Waals surface area contributed by atoms with E-state index in [2.05, 4.69) is 24.4 Å². The molecule has 6 heteroatoms. The molecular weight excluding hydrogens is 346 g/mol. The standard InChI is InChI=1S/C21H29NO5/c1-14(2)18-9-8-15(3)11-19(18)21-16(12-17(23)13-20(21)24)7-5-4-6-10-27-22(25)26/h11-13,18-19,23-24H,1,4-10H2,2-3H3/t18-,19?/m1/s1. The molecule has 2 atom stereocenters. The van der Waals surface area contributed by atoms with Gasteiger partial charge in [-0.25, -0.2) is 0 Å². The second-order valence-corrected chi connectivity index (χ2v) is 7.44. The topological polar surface area (TPSA) is 92.8 Å². The molecule has 0 radical (unpaired) electrons. The Morgan fingerprint density at radius 3 is 2.74 bits per heavy atom. The first-order chi connectivity index (χ1) is 12.8. The number of hydrogen-bond donors (Lipinski definition) is 2. The van der Waals surface area contributed by atoms with Gasteiger partial charge in [-0.15, -0.1) is 10.1 Å². The Bertz CT molecular complexity index is 726. The third kappa shape index (κ3) is 5.74. The van der Waals surface area contributed by atoms with Gasteiger partial charge in [-0.3, -0.25) is 0 Å². The molecule has 1 aliphatic rings. The van der Waals surface area contributed by atoms with E-state index < -0.39 is 5.09 Å². The van der Waals surface area contributed by atoms with Gasteiger partial charge in [-0.05, 0) is 63.5 Å². The van der Waals surface area contributed by atoms with E-state index in [1.165, 1.54) is 11.6 Å². The maximum absolute atomic E-state index is 10.6. The molecule has 0 amide bonds. The van der Waals surface area contributed by atoms with E-state index in [9.17, 15) is 20.3 Å². The van der Waals surface area contributed by atoms with E-state index in [-0.39, 0.29) is 29.9 Å². The molecule has 0 saturated carbocycles. The number of aryl methyl sites for hydroxylation is 1. The van der Waals surface area contributed by atoms with Crippen LogP contribution in [0.25, 0.3) is 0 Å². The molecule has 1 aromatic carbocycles. The van der Waals surface area contributed by atoms with Crippen LogP contribution in [0, 0.1) is 16.0 Å². The van der Waals surface area contributed by atoms with Crippen LogP contribution in [-0.2, 0) is 11.3 Å². The zero-order valence-electron chi connectivity index (χ0n) is 16.1. The fraction of sp³-hybridized carbons (Fsp3) is 0.524. The second kappa shape index (κ2) is 9.44. The highest BCUT2D eigenvalue weighted by Crippen LogP contribution is 2.45. The Morgan fingerprint density at radius 2 is 2.07 bits per heavy atom. The van der Waals surface area contributed by atoms with Crippen molar-refractivity contribution in [3.8, 4) is 11.5 Å². The van der Waals surface area contributed by atoms with Gasteiger partial charge in [-0.2, -0.15) is 0 Å². The first-order valence-electron chi connectivity index (χ1n) is 9.44. The summed E-state index contributed by atoms with van der Waals surface area (Å²) in [5, 5.41) is 30.0. The maximum atomic E-state index is 10.6. The lowest BCUT2D eigenvalue weighted by atomic mass is 9.72. The summed E-state index contributed by atoms with van der Waals surface area (Å²) in [4.78, 5) is 14.5. The molecule has 0 fully saturated rings. The zero-order chi connectivity index (χ0) is 20.0. The Hall–Kier alpha value is -2.50. The quantitative estimate of drug-likeness (QED) is 0.273. The number of hydrogen-bond acceptors (Lipinski definition) is 5. The molecule has 0 spiro atoms. The van der Waals surface area contributed by atoms with E-state index in [1.54, 1.807) is 6.07 Å². The minimum Gasteiger partial charge on any atom is -0.508 e. The van der Waals surface area contributed by atoms with Gasteiger partial charge < -0.3 is 15.1 Å². The molecule has 27 heavy (non-hydrogen) atoms. The lowest BCUT2D eigenvalue weighted by molar-refractivity contribution is -0.757. The van der Waals surface area contributed by atoms with Crippen LogP contribution in [0.5, 0.6) is 11.5 Å². The van der Waals surface area contributed by atoms with Crippen molar-refractivity contribution >= 4 is 0 Å². The number of aromatic hydroxyl groups is 2. The summed E-state index contributed by atoms with van der Waals surface area (Å²) >= 11 is 0. The summed E-state index contributed by atoms with van der Waals surface area (Å²) in [6.07, 6.45) is 7.08. The van der Waals surface area contributed by atoms with Crippen LogP contribution in [0.15, 0.2) is 35.9 Å². The average Bonchev–Trinajstić information content (AvgIpc) is 2.56. The first kappa shape index (κ1) is 20.8. The highest BCUT2D eigenvalue weighted by Gasteiger charge is 2.29. The SMILES string of the molecule is C=C(C)[C@H]1CCC(C)=CC1c1c(O)cc(O)cc1CCCCCO[N+](=O)[O-]. The van der Waals surface area contributed by atoms with E-state index in [4.69, 9.17) is 0 Å². The van der Waals surface area contributed by atoms with E-state index in [0.717, 1.165) is 42.4 Å². The number of phenols is 2. The molecule has 0 bridgehead atoms. The molecule has 2 N–H and O–H groups in total. The maximum Gasteiger partial charge on any atom is 0.294 e. The number of allylic oxidation sites excluding steroid dienone is 3. The molecule has 148 valence electrons. The normalized spacial score (nSPS) is 19.4. The Kier molecular flexibility index (Phi) is 7.28. The van der Waals surface area contributed by atoms with Gasteiger partial charge in [0.25, 0.3) is 5.09 Å². The van der Waals surface area contributed by atoms with Crippen LogP contribution >= 0.6 is 0 Å². The van der Waals surface area contributed by atoms with Gasteiger partial charge in [0.1, 0.15) is 11.5 Å². The third-order valence-electron chi connectivity index (χ3n) is 5.23. The van der Waals surface area contributed by atoms with Crippen LogP contribution in [0.3, 0.4) is 0 Å². The van der Waals surface area contributed by atoms with E-state index in [0.29, 0.717) is 12.8 Å². The highest BCUT2D eigenvalue weighted by atomic mass is 16.9. The molecule has 2 rings (SSSR count). The third-order valence-corrected chi connectivity index (χ3v) is 5.23. The number of unbranched alkanes of at least 4 members (excludes halogenated alkanes) is 2. The zero-order valence-corrected chi connectivity index (χ0v) is 16.1. The van der Waals surface area contributed by atoms with Gasteiger partial charge in [0, 0.05) is 17.5 Å². The molecule has 0 aliphatic heterocycles. The number of phenolic OH excluding ortho intramolecular Hbond substituents is 2. The Balaban J connectivity index is 2.19. The van der Waals surface area contributed by atoms with Crippen molar-refractivity contribution in [3.05, 3.63) is 57.2 Å². The van der Waals surface area contributed by atoms with Gasteiger partial charge in [-0.1, -0.05) is 30.2 Å². The van der Waals surface area contributed by atoms with Crippen molar-refractivity contribution in [2.24, 2.45) is 5.92 Å². The highest BCUT2D eigenvalue weighted by molar-refractivity contribution is 5.50. The molecule has 0 heterocycles. The van der Waals surface area contributed by atoms with Crippen molar-refractivity contribution in [3.63, 3.8) is 0 Å². The summed E-state index contributed by atoms with van der Waals surface area (Å²) < 4.78 is 0. The lowest BCUT2D eigenvalue weighted by Gasteiger charge is -2.32. The number of nitrogens with zero attached hydrogens (tertiary/aromatic N) is 1. The molecule has 0 aromatic heterocycles. The van der Waals surface area contributed by atoms with Gasteiger partial charge >= 0.3 is 0 Å². The van der Waals surface area contributed by atoms with Crippen LogP contribution in [0.4, 0.5) is 0 Å². The van der Waals surface area contributed by atoms with Gasteiger partial charge in [0.05, 0.1) is 6.61 Å². The molecule has 1 aliphatic carbocycles. The van der Waals surface area contributed by atoms with Crippen LogP contribution in [0.2, 0.25) is 0 Å². The van der Waals surface area contributed by atoms with Crippen molar-refractivity contribution in [1.29, 1.82) is 0 Å². The van der Waals surface area contributed by atoms with Crippen LogP contribution < -0.4 is 0 Å². The van der Waals surface area contributed by atoms with Gasteiger partial charge in [0.15, 0.2) is 0 Å². The molecular formula is C21H29NO5. The fourth-order valence-corrected chi connectivity index (χ4v) is 3.91. The van der Waals surface area contributed by atoms with Gasteiger partial charge in [0.2, 0.25) is 0 Å². The molecule has 1 unspecified atom stereocenters. The van der Waals surface area contributed by atoms with Crippen LogP contribution in [0.1, 0.15) is 63.0 Å². The Labute approximate surface area is 160 Å². The monoisotopic (exact) mass is 375 g/mol. The minimum atomic E-state index is -0.777. The van der Waals surface area contributed by atoms with Crippen LogP contribution in [-0.4, -0.2) is 21.9 Å². The van der Waals surface area contributed by atoms with Crippen molar-refractivity contribution < 1.29 is 20.1 Å². The summed E-state index contributed by atoms with van der Waals surface area (Å²) in [6, 6.07) is 3.12. The van der Waals surface area contributed by atoms with Crippen molar-refractivity contribution in [2.75, 3.05) is 6.61 Å². The largest absolute Gasteiger partial charge is 0.508 e. The van der Waals surface area contributed by atoms with Crippen molar-refractivity contribution in [1.82, 2.24) is 0 Å². The average molecular weight is 375 g/mol. The smallest absolute Gasteiger partial charge is 0.294 e. The van der Waals surface area contributed by atoms with Crippen molar-refractivity contribution in [2.45, 2.75) is 58.3 Å². The second-order valence-electron chi connectivity index (χ2n) is 7.44. The molecule has 1 aromatic rings. The first-order valence-corrected chi connectivity index (χ1v) is 9.44. The van der Waals surface area contributed by atoms with E-state index >= 15 is 0 Å². The summed E-state index contributed by atoms with van der Waals surface area (Å²) in [6.45, 7) is 8.36. The number of benzene rings is 1. The number of rotatable bonds is 9. The minimum absolute atomic E-state index is 0.0460. The lowest BCUT2D eigenvalue weighted by Crippen LogP contribution is -2.18. The molecule has 6 nitrogen and oxygen atoms in total. The predicted molar refractivity (Wildman–Crippen MR) is 104 cm³/mol. The molecule has 0 saturated heterocycles. The predicted octanol–water partition coefficient (Wildman–Crippen LogP) is 5.03. The summed E-state index contributed by atoms with van der Waals surface area (Å²) in [5.74, 6) is 0.469. The van der Waals surface area contributed by atoms with E-state index in [1.807, 2.05) is 6.92 Å².